The fourth-order valence-electron chi connectivity index (χ4n) is 1.95. The zero-order chi connectivity index (χ0) is 13.3. The lowest BCUT2D eigenvalue weighted by Gasteiger charge is -2.14. The normalized spacial score (nSPS) is 12.5. The molecule has 0 amide bonds. The van der Waals surface area contributed by atoms with Crippen LogP contribution in [-0.4, -0.2) is 10.1 Å². The molecule has 94 valence electrons. The van der Waals surface area contributed by atoms with Gasteiger partial charge in [0.05, 0.1) is 5.69 Å². The number of benzene rings is 1. The van der Waals surface area contributed by atoms with Crippen LogP contribution in [0.2, 0.25) is 0 Å². The largest absolute Gasteiger partial charge is 0.382 e. The summed E-state index contributed by atoms with van der Waals surface area (Å²) >= 11 is 6.78. The molecule has 1 N–H and O–H groups in total. The molecule has 2 nitrogen and oxygen atoms in total. The molecule has 2 rings (SSSR count). The van der Waals surface area contributed by atoms with E-state index in [9.17, 15) is 5.11 Å². The Morgan fingerprint density at radius 3 is 2.22 bits per heavy atom. The molecule has 4 heteroatoms. The van der Waals surface area contributed by atoms with Gasteiger partial charge in [-0.2, -0.15) is 0 Å². The lowest BCUT2D eigenvalue weighted by atomic mass is 10.0. The van der Waals surface area contributed by atoms with Crippen LogP contribution in [0.1, 0.15) is 28.5 Å². The molecular formula is C14H13Br2NO. The smallest absolute Gasteiger partial charge is 0.122 e. The average Bonchev–Trinajstić information content (AvgIpc) is 2.26. The van der Waals surface area contributed by atoms with Crippen LogP contribution in [0.3, 0.4) is 0 Å². The van der Waals surface area contributed by atoms with E-state index in [4.69, 9.17) is 0 Å². The highest BCUT2D eigenvalue weighted by atomic mass is 79.9. The fraction of sp³-hybridized carbons (Fsp3) is 0.214. The molecule has 1 heterocycles. The average molecular weight is 371 g/mol. The van der Waals surface area contributed by atoms with Crippen molar-refractivity contribution in [2.45, 2.75) is 20.0 Å². The number of rotatable bonds is 2. The molecule has 1 unspecified atom stereocenters. The van der Waals surface area contributed by atoms with Crippen LogP contribution in [0.4, 0.5) is 0 Å². The molecule has 18 heavy (non-hydrogen) atoms. The van der Waals surface area contributed by atoms with Gasteiger partial charge in [-0.15, -0.1) is 0 Å². The van der Waals surface area contributed by atoms with Gasteiger partial charge < -0.3 is 5.11 Å². The summed E-state index contributed by atoms with van der Waals surface area (Å²) in [6.07, 6.45) is 0.970. The maximum Gasteiger partial charge on any atom is 0.122 e. The minimum atomic E-state index is -0.717. The first-order valence-corrected chi connectivity index (χ1v) is 7.13. The van der Waals surface area contributed by atoms with E-state index in [0.29, 0.717) is 5.69 Å². The Hall–Kier alpha value is -0.710. The Bertz CT molecular complexity index is 564. The summed E-state index contributed by atoms with van der Waals surface area (Å²) in [6.45, 7) is 4.04. The first kappa shape index (κ1) is 13.7. The highest BCUT2D eigenvalue weighted by Gasteiger charge is 2.16. The number of pyridine rings is 1. The second kappa shape index (κ2) is 5.51. The first-order chi connectivity index (χ1) is 8.47. The van der Waals surface area contributed by atoms with Gasteiger partial charge in [0.1, 0.15) is 6.10 Å². The number of hydrogen-bond donors (Lipinski definition) is 1. The summed E-state index contributed by atoms with van der Waals surface area (Å²) in [5.41, 5.74) is 3.76. The number of aliphatic hydroxyl groups excluding tert-OH is 1. The molecule has 0 aliphatic heterocycles. The summed E-state index contributed by atoms with van der Waals surface area (Å²) in [5, 5.41) is 10.4. The summed E-state index contributed by atoms with van der Waals surface area (Å²) in [5.74, 6) is 0. The zero-order valence-electron chi connectivity index (χ0n) is 10.1. The van der Waals surface area contributed by atoms with Crippen molar-refractivity contribution in [3.8, 4) is 0 Å². The van der Waals surface area contributed by atoms with Crippen LogP contribution in [0, 0.1) is 13.8 Å². The Morgan fingerprint density at radius 2 is 1.67 bits per heavy atom. The van der Waals surface area contributed by atoms with Gasteiger partial charge in [0.25, 0.3) is 0 Å². The van der Waals surface area contributed by atoms with E-state index in [1.165, 1.54) is 0 Å². The second-order valence-corrected chi connectivity index (χ2v) is 6.11. The van der Waals surface area contributed by atoms with Crippen LogP contribution < -0.4 is 0 Å². The number of halogens is 2. The van der Waals surface area contributed by atoms with Crippen molar-refractivity contribution >= 4 is 31.9 Å². The van der Waals surface area contributed by atoms with Crippen LogP contribution in [-0.2, 0) is 0 Å². The van der Waals surface area contributed by atoms with E-state index in [1.54, 1.807) is 6.20 Å². The van der Waals surface area contributed by atoms with E-state index in [2.05, 4.69) is 42.9 Å². The Morgan fingerprint density at radius 1 is 1.06 bits per heavy atom. The molecule has 0 aliphatic carbocycles. The van der Waals surface area contributed by atoms with E-state index < -0.39 is 6.10 Å². The second-order valence-electron chi connectivity index (χ2n) is 4.34. The molecule has 0 fully saturated rings. The van der Waals surface area contributed by atoms with Gasteiger partial charge in [0.2, 0.25) is 0 Å². The summed E-state index contributed by atoms with van der Waals surface area (Å²) < 4.78 is 1.68. The third kappa shape index (κ3) is 2.99. The Balaban J connectivity index is 2.44. The van der Waals surface area contributed by atoms with Gasteiger partial charge in [-0.05, 0) is 57.3 Å². The minimum absolute atomic E-state index is 0.628. The molecule has 0 saturated carbocycles. The van der Waals surface area contributed by atoms with E-state index in [-0.39, 0.29) is 0 Å². The van der Waals surface area contributed by atoms with E-state index >= 15 is 0 Å². The highest BCUT2D eigenvalue weighted by molar-refractivity contribution is 9.11. The Labute approximate surface area is 123 Å². The van der Waals surface area contributed by atoms with Crippen molar-refractivity contribution in [1.29, 1.82) is 0 Å². The van der Waals surface area contributed by atoms with Crippen molar-refractivity contribution in [1.82, 2.24) is 4.98 Å². The van der Waals surface area contributed by atoms with Crippen LogP contribution in [0.5, 0.6) is 0 Å². The molecule has 1 aromatic heterocycles. The maximum atomic E-state index is 10.4. The number of aromatic nitrogens is 1. The number of aryl methyl sites for hydroxylation is 2. The van der Waals surface area contributed by atoms with Gasteiger partial charge in [-0.1, -0.05) is 29.3 Å². The zero-order valence-corrected chi connectivity index (χ0v) is 13.3. The van der Waals surface area contributed by atoms with Gasteiger partial charge in [-0.3, -0.25) is 4.98 Å². The molecule has 2 aromatic rings. The van der Waals surface area contributed by atoms with E-state index in [0.717, 1.165) is 25.6 Å². The SMILES string of the molecule is Cc1cc(C)cc(C(O)c2ncc(Br)cc2Br)c1. The number of nitrogens with zero attached hydrogens (tertiary/aromatic N) is 1. The molecular weight excluding hydrogens is 358 g/mol. The van der Waals surface area contributed by atoms with Crippen molar-refractivity contribution in [3.05, 3.63) is 61.8 Å². The monoisotopic (exact) mass is 369 g/mol. The lowest BCUT2D eigenvalue weighted by Crippen LogP contribution is -2.04. The van der Waals surface area contributed by atoms with Crippen molar-refractivity contribution in [2.75, 3.05) is 0 Å². The number of hydrogen-bond acceptors (Lipinski definition) is 2. The molecule has 0 radical (unpaired) electrons. The van der Waals surface area contributed by atoms with Crippen molar-refractivity contribution < 1.29 is 5.11 Å². The summed E-state index contributed by atoms with van der Waals surface area (Å²) in [6, 6.07) is 7.93. The standard InChI is InChI=1S/C14H13Br2NO/c1-8-3-9(2)5-10(4-8)14(18)13-12(16)6-11(15)7-17-13/h3-7,14,18H,1-2H3. The third-order valence-corrected chi connectivity index (χ3v) is 3.72. The predicted molar refractivity (Wildman–Crippen MR) is 79.6 cm³/mol. The van der Waals surface area contributed by atoms with Crippen LogP contribution in [0.15, 0.2) is 39.4 Å². The topological polar surface area (TPSA) is 33.1 Å². The molecule has 0 saturated heterocycles. The van der Waals surface area contributed by atoms with Crippen LogP contribution >= 0.6 is 31.9 Å². The van der Waals surface area contributed by atoms with E-state index in [1.807, 2.05) is 32.0 Å². The molecule has 0 bridgehead atoms. The fourth-order valence-corrected chi connectivity index (χ4v) is 3.16. The van der Waals surface area contributed by atoms with Crippen molar-refractivity contribution in [3.63, 3.8) is 0 Å². The molecule has 0 spiro atoms. The van der Waals surface area contributed by atoms with Crippen LogP contribution in [0.25, 0.3) is 0 Å². The van der Waals surface area contributed by atoms with Crippen molar-refractivity contribution in [2.24, 2.45) is 0 Å². The lowest BCUT2D eigenvalue weighted by molar-refractivity contribution is 0.214. The third-order valence-electron chi connectivity index (χ3n) is 2.66. The molecule has 1 aromatic carbocycles. The van der Waals surface area contributed by atoms with Gasteiger partial charge in [0.15, 0.2) is 0 Å². The maximum absolute atomic E-state index is 10.4. The Kier molecular flexibility index (Phi) is 4.20. The van der Waals surface area contributed by atoms with Gasteiger partial charge in [-0.25, -0.2) is 0 Å². The quantitative estimate of drug-likeness (QED) is 0.854. The van der Waals surface area contributed by atoms with Gasteiger partial charge in [0, 0.05) is 15.1 Å². The highest BCUT2D eigenvalue weighted by Crippen LogP contribution is 2.29. The minimum Gasteiger partial charge on any atom is -0.382 e. The first-order valence-electron chi connectivity index (χ1n) is 5.54. The summed E-state index contributed by atoms with van der Waals surface area (Å²) in [7, 11) is 0. The molecule has 1 atom stereocenters. The summed E-state index contributed by atoms with van der Waals surface area (Å²) in [4.78, 5) is 4.27. The molecule has 0 aliphatic rings. The predicted octanol–water partition coefficient (Wildman–Crippen LogP) is 4.31. The number of aliphatic hydroxyl groups is 1. The van der Waals surface area contributed by atoms with Gasteiger partial charge >= 0.3 is 0 Å².